The largest absolute Gasteiger partial charge is 0.481 e. The zero-order chi connectivity index (χ0) is 29.1. The number of carbonyl (C=O) groups is 2. The maximum Gasteiger partial charge on any atom is 0.307 e. The van der Waals surface area contributed by atoms with Crippen molar-refractivity contribution in [3.05, 3.63) is 107 Å². The minimum absolute atomic E-state index is 0.0947. The molecule has 0 radical (unpaired) electrons. The lowest BCUT2D eigenvalue weighted by atomic mass is 9.92. The van der Waals surface area contributed by atoms with Gasteiger partial charge in [0.15, 0.2) is 5.65 Å². The van der Waals surface area contributed by atoms with Gasteiger partial charge < -0.3 is 10.0 Å². The number of aliphatic carboxylic acids is 1. The standard InChI is InChI=1S/C32H25F2N5O3/c1-17-19-6-2-3-7-20(19)25(34)16-38(17)31(40)28-14-29(26-8-4-5-11-35-26)39-30(36-28)15-27(37-39)21-10-9-18(12-24(21)33)22-13-23(22)32(41)42/h2-12,14-15,17,22-23,25H,13,16H2,1H3,(H,41,42)/t17-,22-,23+,25+/m1/s1. The fraction of sp³-hybridized carbons (Fsp3) is 0.219. The molecule has 5 aromatic rings. The molecule has 0 spiro atoms. The van der Waals surface area contributed by atoms with Gasteiger partial charge in [-0.1, -0.05) is 36.4 Å². The Hall–Kier alpha value is -4.99. The van der Waals surface area contributed by atoms with Crippen molar-refractivity contribution in [1.82, 2.24) is 24.5 Å². The highest BCUT2D eigenvalue weighted by Gasteiger charge is 2.44. The third kappa shape index (κ3) is 4.30. The second-order valence-electron chi connectivity index (χ2n) is 10.8. The molecule has 1 saturated carbocycles. The Morgan fingerprint density at radius 2 is 1.76 bits per heavy atom. The number of pyridine rings is 1. The van der Waals surface area contributed by atoms with Gasteiger partial charge in [0.25, 0.3) is 5.91 Å². The van der Waals surface area contributed by atoms with E-state index >= 15 is 8.78 Å². The van der Waals surface area contributed by atoms with Crippen molar-refractivity contribution in [2.75, 3.05) is 6.54 Å². The van der Waals surface area contributed by atoms with Crippen LogP contribution in [0.2, 0.25) is 0 Å². The number of hydrogen-bond donors (Lipinski definition) is 1. The van der Waals surface area contributed by atoms with E-state index in [2.05, 4.69) is 15.1 Å². The summed E-state index contributed by atoms with van der Waals surface area (Å²) in [6, 6.07) is 20.0. The van der Waals surface area contributed by atoms with Crippen LogP contribution in [0.4, 0.5) is 8.78 Å². The molecule has 1 N–H and O–H groups in total. The molecule has 4 atom stereocenters. The summed E-state index contributed by atoms with van der Waals surface area (Å²) in [6.45, 7) is 1.76. The average molecular weight is 566 g/mol. The predicted molar refractivity (Wildman–Crippen MR) is 150 cm³/mol. The van der Waals surface area contributed by atoms with Gasteiger partial charge in [-0.25, -0.2) is 18.3 Å². The van der Waals surface area contributed by atoms with Gasteiger partial charge >= 0.3 is 5.97 Å². The van der Waals surface area contributed by atoms with Gasteiger partial charge in [-0.3, -0.25) is 14.6 Å². The molecule has 42 heavy (non-hydrogen) atoms. The fourth-order valence-electron chi connectivity index (χ4n) is 5.90. The molecular formula is C32H25F2N5O3. The highest BCUT2D eigenvalue weighted by atomic mass is 19.1. The molecule has 210 valence electrons. The Kier molecular flexibility index (Phi) is 6.07. The van der Waals surface area contributed by atoms with Crippen molar-refractivity contribution < 1.29 is 23.5 Å². The van der Waals surface area contributed by atoms with E-state index in [1.165, 1.54) is 15.5 Å². The van der Waals surface area contributed by atoms with Gasteiger partial charge in [-0.15, -0.1) is 0 Å². The van der Waals surface area contributed by atoms with Crippen LogP contribution in [0, 0.1) is 11.7 Å². The molecule has 1 fully saturated rings. The normalized spacial score (nSPS) is 21.3. The molecule has 0 saturated heterocycles. The first-order chi connectivity index (χ1) is 20.3. The molecule has 1 amide bonds. The highest BCUT2D eigenvalue weighted by Crippen LogP contribution is 2.48. The van der Waals surface area contributed by atoms with Crippen LogP contribution < -0.4 is 0 Å². The smallest absolute Gasteiger partial charge is 0.307 e. The van der Waals surface area contributed by atoms with E-state index in [-0.39, 0.29) is 29.8 Å². The number of benzene rings is 2. The van der Waals surface area contributed by atoms with Crippen LogP contribution >= 0.6 is 0 Å². The van der Waals surface area contributed by atoms with Crippen LogP contribution in [0.3, 0.4) is 0 Å². The maximum absolute atomic E-state index is 15.3. The van der Waals surface area contributed by atoms with Crippen LogP contribution in [-0.2, 0) is 4.79 Å². The van der Waals surface area contributed by atoms with Crippen molar-refractivity contribution in [3.63, 3.8) is 0 Å². The van der Waals surface area contributed by atoms with Crippen LogP contribution in [0.25, 0.3) is 28.3 Å². The minimum Gasteiger partial charge on any atom is -0.481 e. The summed E-state index contributed by atoms with van der Waals surface area (Å²) in [6.07, 6.45) is 0.779. The van der Waals surface area contributed by atoms with Gasteiger partial charge in [0.1, 0.15) is 17.7 Å². The number of carboxylic acids is 1. The number of carboxylic acid groups (broad SMARTS) is 1. The SMILES string of the molecule is C[C@@H]1c2ccccc2[C@@H](F)CN1C(=O)c1cc(-c2ccccn2)n2nc(-c3ccc([C@H]4C[C@@H]4C(=O)O)cc3F)cc2n1. The van der Waals surface area contributed by atoms with E-state index in [1.807, 2.05) is 19.1 Å². The van der Waals surface area contributed by atoms with E-state index in [0.29, 0.717) is 40.3 Å². The molecule has 4 heterocycles. The number of rotatable bonds is 5. The molecule has 0 unspecified atom stereocenters. The third-order valence-corrected chi connectivity index (χ3v) is 8.25. The molecule has 10 heteroatoms. The maximum atomic E-state index is 15.3. The first kappa shape index (κ1) is 25.9. The summed E-state index contributed by atoms with van der Waals surface area (Å²) in [7, 11) is 0. The summed E-state index contributed by atoms with van der Waals surface area (Å²) >= 11 is 0. The number of halogens is 2. The molecular weight excluding hydrogens is 540 g/mol. The third-order valence-electron chi connectivity index (χ3n) is 8.25. The van der Waals surface area contributed by atoms with Crippen molar-refractivity contribution in [2.45, 2.75) is 31.5 Å². The van der Waals surface area contributed by atoms with Crippen molar-refractivity contribution in [1.29, 1.82) is 0 Å². The number of alkyl halides is 1. The summed E-state index contributed by atoms with van der Waals surface area (Å²) in [5, 5.41) is 13.9. The van der Waals surface area contributed by atoms with Crippen molar-refractivity contribution in [3.8, 4) is 22.6 Å². The lowest BCUT2D eigenvalue weighted by Gasteiger charge is -2.36. The van der Waals surface area contributed by atoms with E-state index < -0.39 is 29.8 Å². The topological polar surface area (TPSA) is 101 Å². The first-order valence-corrected chi connectivity index (χ1v) is 13.7. The second kappa shape index (κ2) is 9.83. The average Bonchev–Trinajstić information content (AvgIpc) is 3.71. The van der Waals surface area contributed by atoms with Gasteiger partial charge in [-0.2, -0.15) is 5.10 Å². The molecule has 0 bridgehead atoms. The molecule has 2 aromatic carbocycles. The Balaban J connectivity index is 1.30. The highest BCUT2D eigenvalue weighted by molar-refractivity contribution is 5.94. The first-order valence-electron chi connectivity index (χ1n) is 13.7. The lowest BCUT2D eigenvalue weighted by Crippen LogP contribution is -2.40. The van der Waals surface area contributed by atoms with Gasteiger partial charge in [0, 0.05) is 17.8 Å². The van der Waals surface area contributed by atoms with Gasteiger partial charge in [0.05, 0.1) is 35.6 Å². The summed E-state index contributed by atoms with van der Waals surface area (Å²) < 4.78 is 32.0. The number of fused-ring (bicyclic) bond motifs is 2. The Morgan fingerprint density at radius 3 is 2.48 bits per heavy atom. The van der Waals surface area contributed by atoms with Crippen LogP contribution in [0.15, 0.2) is 79.0 Å². The van der Waals surface area contributed by atoms with Crippen LogP contribution in [0.1, 0.15) is 58.7 Å². The Labute approximate surface area is 239 Å². The van der Waals surface area contributed by atoms with Crippen LogP contribution in [-0.4, -0.2) is 48.0 Å². The number of carbonyl (C=O) groups excluding carboxylic acids is 1. The number of hydrogen-bond acceptors (Lipinski definition) is 5. The summed E-state index contributed by atoms with van der Waals surface area (Å²) in [4.78, 5) is 35.6. The van der Waals surface area contributed by atoms with E-state index in [0.717, 1.165) is 5.56 Å². The lowest BCUT2D eigenvalue weighted by molar-refractivity contribution is -0.138. The summed E-state index contributed by atoms with van der Waals surface area (Å²) in [5.41, 5.74) is 3.88. The summed E-state index contributed by atoms with van der Waals surface area (Å²) in [5.74, 6) is -2.54. The number of aromatic nitrogens is 4. The minimum atomic E-state index is -1.32. The van der Waals surface area contributed by atoms with Gasteiger partial charge in [-0.05, 0) is 66.3 Å². The number of amides is 1. The molecule has 8 nitrogen and oxygen atoms in total. The molecule has 1 aliphatic heterocycles. The predicted octanol–water partition coefficient (Wildman–Crippen LogP) is 6.01. The fourth-order valence-corrected chi connectivity index (χ4v) is 5.90. The number of nitrogens with zero attached hydrogens (tertiary/aromatic N) is 5. The van der Waals surface area contributed by atoms with Crippen molar-refractivity contribution in [2.24, 2.45) is 5.92 Å². The van der Waals surface area contributed by atoms with E-state index in [1.54, 1.807) is 60.8 Å². The molecule has 3 aromatic heterocycles. The van der Waals surface area contributed by atoms with E-state index in [4.69, 9.17) is 0 Å². The Bertz CT molecular complexity index is 1880. The molecule has 2 aliphatic rings. The van der Waals surface area contributed by atoms with Crippen molar-refractivity contribution >= 4 is 17.5 Å². The zero-order valence-electron chi connectivity index (χ0n) is 22.5. The zero-order valence-corrected chi connectivity index (χ0v) is 22.5. The second-order valence-corrected chi connectivity index (χ2v) is 10.8. The Morgan fingerprint density at radius 1 is 0.976 bits per heavy atom. The quantitative estimate of drug-likeness (QED) is 0.280. The monoisotopic (exact) mass is 565 g/mol. The van der Waals surface area contributed by atoms with E-state index in [9.17, 15) is 14.7 Å². The molecule has 1 aliphatic carbocycles. The van der Waals surface area contributed by atoms with Crippen LogP contribution in [0.5, 0.6) is 0 Å². The van der Waals surface area contributed by atoms with Gasteiger partial charge in [0.2, 0.25) is 0 Å². The molecule has 7 rings (SSSR count).